The fourth-order valence-electron chi connectivity index (χ4n) is 9.65. The average Bonchev–Trinajstić information content (AvgIpc) is 4.22. The first kappa shape index (κ1) is 44.7. The third kappa shape index (κ3) is 9.45. The number of aliphatic imine (C=N–C) groups is 1. The lowest BCUT2D eigenvalue weighted by Gasteiger charge is -2.30. The molecule has 13 heteroatoms. The van der Waals surface area contributed by atoms with Gasteiger partial charge in [-0.3, -0.25) is 14.6 Å². The summed E-state index contributed by atoms with van der Waals surface area (Å²) in [7, 11) is 2.59. The topological polar surface area (TPSA) is 158 Å². The number of methoxy groups -OCH3 is 2. The number of alkyl carbamates (subject to hydrolysis) is 2. The summed E-state index contributed by atoms with van der Waals surface area (Å²) in [5.41, 5.74) is 10.2. The molecule has 5 aromatic carbocycles. The van der Waals surface area contributed by atoms with Crippen LogP contribution in [0.3, 0.4) is 0 Å². The Balaban J connectivity index is 0.826. The van der Waals surface area contributed by atoms with Gasteiger partial charge >= 0.3 is 12.2 Å². The molecule has 2 saturated heterocycles. The Hall–Kier alpha value is -7.54. The number of hydrogen-bond donors (Lipinski definition) is 3. The molecule has 3 N–H and O–H groups in total. The van der Waals surface area contributed by atoms with Gasteiger partial charge in [-0.2, -0.15) is 0 Å². The van der Waals surface area contributed by atoms with Crippen molar-refractivity contribution in [3.05, 3.63) is 145 Å². The van der Waals surface area contributed by atoms with Crippen molar-refractivity contribution in [2.24, 2.45) is 10.9 Å². The van der Waals surface area contributed by atoms with Crippen LogP contribution in [0.5, 0.6) is 0 Å². The van der Waals surface area contributed by atoms with Gasteiger partial charge in [-0.25, -0.2) is 14.6 Å². The van der Waals surface area contributed by atoms with Crippen LogP contribution in [0.15, 0.2) is 133 Å². The van der Waals surface area contributed by atoms with Crippen LogP contribution in [0.1, 0.15) is 75.0 Å². The number of rotatable bonds is 12. The molecule has 0 bridgehead atoms. The molecule has 2 fully saturated rings. The van der Waals surface area contributed by atoms with Gasteiger partial charge in [-0.05, 0) is 99.0 Å². The van der Waals surface area contributed by atoms with Gasteiger partial charge in [-0.15, -0.1) is 0 Å². The van der Waals surface area contributed by atoms with E-state index in [0.29, 0.717) is 25.1 Å². The summed E-state index contributed by atoms with van der Waals surface area (Å²) in [6.45, 7) is 5.01. The molecule has 3 aliphatic heterocycles. The second-order valence-corrected chi connectivity index (χ2v) is 17.8. The van der Waals surface area contributed by atoms with Crippen molar-refractivity contribution in [1.29, 1.82) is 0 Å². The van der Waals surface area contributed by atoms with Gasteiger partial charge in [0, 0.05) is 31.4 Å². The van der Waals surface area contributed by atoms with Crippen molar-refractivity contribution in [1.82, 2.24) is 30.4 Å². The van der Waals surface area contributed by atoms with Gasteiger partial charge in [-0.1, -0.05) is 117 Å². The maximum absolute atomic E-state index is 14.0. The van der Waals surface area contributed by atoms with Crippen molar-refractivity contribution in [2.45, 2.75) is 70.1 Å². The molecule has 9 rings (SSSR count). The molecule has 0 unspecified atom stereocenters. The maximum Gasteiger partial charge on any atom is 0.407 e. The number of hydrogen-bond acceptors (Lipinski definition) is 8. The summed E-state index contributed by atoms with van der Waals surface area (Å²) in [4.78, 5) is 68.6. The lowest BCUT2D eigenvalue weighted by atomic mass is 9.94. The van der Waals surface area contributed by atoms with Gasteiger partial charge in [0.2, 0.25) is 11.8 Å². The van der Waals surface area contributed by atoms with Gasteiger partial charge in [0.05, 0.1) is 38.2 Å². The predicted molar refractivity (Wildman–Crippen MR) is 260 cm³/mol. The maximum atomic E-state index is 14.0. The van der Waals surface area contributed by atoms with E-state index in [9.17, 15) is 19.2 Å². The highest BCUT2D eigenvalue weighted by atomic mass is 16.5. The summed E-state index contributed by atoms with van der Waals surface area (Å²) >= 11 is 0. The Morgan fingerprint density at radius 3 is 1.85 bits per heavy atom. The van der Waals surface area contributed by atoms with Gasteiger partial charge in [0.15, 0.2) is 0 Å². The highest BCUT2D eigenvalue weighted by Gasteiger charge is 2.39. The Morgan fingerprint density at radius 1 is 0.657 bits per heavy atom. The van der Waals surface area contributed by atoms with Gasteiger partial charge in [0.25, 0.3) is 0 Å². The number of aromatic amines is 1. The van der Waals surface area contributed by atoms with Crippen LogP contribution in [0.2, 0.25) is 0 Å². The first-order valence-electron chi connectivity index (χ1n) is 23.0. The van der Waals surface area contributed by atoms with Crippen LogP contribution in [-0.2, 0) is 19.1 Å². The molecule has 0 spiro atoms. The number of carbonyl (C=O) groups excluding carboxylic acids is 4. The number of imidazole rings is 1. The van der Waals surface area contributed by atoms with Crippen LogP contribution in [-0.4, -0.2) is 88.9 Å². The SMILES string of the molecule is COC(=O)N[C@H](C(=O)N1CCC[C@H]1c1ncc(-c2ccc(-c3ccc(-c4ccc5cc(C6=CN=C([C@@H]7CCCN7C(=O)[C@H](NC(=O)OC)c7ccccc7)C6)ccc5c4)cc3)cc2)[nH]1)C(C)C. The molecular formula is C54H55N7O6. The molecule has 4 heterocycles. The Morgan fingerprint density at radius 2 is 1.21 bits per heavy atom. The van der Waals surface area contributed by atoms with E-state index < -0.39 is 24.3 Å². The molecule has 13 nitrogen and oxygen atoms in total. The monoisotopic (exact) mass is 897 g/mol. The minimum atomic E-state index is -0.852. The molecule has 4 atom stereocenters. The van der Waals surface area contributed by atoms with Gasteiger partial charge in [0.1, 0.15) is 17.9 Å². The Bertz CT molecular complexity index is 2850. The van der Waals surface area contributed by atoms with E-state index in [2.05, 4.69) is 101 Å². The van der Waals surface area contributed by atoms with Crippen LogP contribution in [0.25, 0.3) is 49.9 Å². The number of amides is 4. The van der Waals surface area contributed by atoms with E-state index in [1.54, 1.807) is 0 Å². The smallest absolute Gasteiger partial charge is 0.407 e. The van der Waals surface area contributed by atoms with Crippen molar-refractivity contribution in [3.63, 3.8) is 0 Å². The first-order valence-corrected chi connectivity index (χ1v) is 23.0. The number of allylic oxidation sites excluding steroid dienone is 1. The lowest BCUT2D eigenvalue weighted by molar-refractivity contribution is -0.135. The number of carbonyl (C=O) groups is 4. The van der Waals surface area contributed by atoms with Crippen molar-refractivity contribution >= 4 is 46.1 Å². The highest BCUT2D eigenvalue weighted by Crippen LogP contribution is 2.36. The summed E-state index contributed by atoms with van der Waals surface area (Å²) in [6, 6.07) is 37.5. The standard InChI is InChI=1S/C54H55N7O6/c1-33(2)48(58-53(64)66-3)51(62)61-27-9-13-47(61)50-56-32-45(57-50)37-20-18-35(19-21-37)34-14-16-36(17-15-34)39-22-23-41-29-42(25-24-40(41)28-39)43-30-44(55-31-43)46-12-8-26-60(46)52(63)49(59-54(65)67-4)38-10-6-5-7-11-38/h5-7,10-11,14-25,28-29,31-33,46-49H,8-9,12-13,26-27,30H2,1-4H3,(H,56,57)(H,58,64)(H,59,65)/t46-,47-,48-,49+/m0/s1. The van der Waals surface area contributed by atoms with E-state index in [1.807, 2.05) is 66.4 Å². The number of benzene rings is 5. The summed E-state index contributed by atoms with van der Waals surface area (Å²) in [5, 5.41) is 7.73. The second kappa shape index (κ2) is 19.5. The first-order chi connectivity index (χ1) is 32.6. The van der Waals surface area contributed by atoms with Crippen LogP contribution in [0.4, 0.5) is 9.59 Å². The van der Waals surface area contributed by atoms with E-state index in [4.69, 9.17) is 19.5 Å². The summed E-state index contributed by atoms with van der Waals surface area (Å²) in [6.07, 6.45) is 6.46. The number of fused-ring (bicyclic) bond motifs is 1. The summed E-state index contributed by atoms with van der Waals surface area (Å²) in [5.74, 6) is 0.332. The van der Waals surface area contributed by atoms with E-state index in [1.165, 1.54) is 14.2 Å². The molecule has 67 heavy (non-hydrogen) atoms. The number of nitrogens with zero attached hydrogens (tertiary/aromatic N) is 4. The molecule has 0 radical (unpaired) electrons. The number of likely N-dealkylation sites (tertiary alicyclic amines) is 2. The molecule has 4 amide bonds. The minimum absolute atomic E-state index is 0.102. The zero-order valence-corrected chi connectivity index (χ0v) is 38.2. The zero-order chi connectivity index (χ0) is 46.6. The van der Waals surface area contributed by atoms with E-state index >= 15 is 0 Å². The molecule has 6 aromatic rings. The van der Waals surface area contributed by atoms with Crippen LogP contribution in [0, 0.1) is 5.92 Å². The van der Waals surface area contributed by atoms with Gasteiger partial charge < -0.3 is 34.9 Å². The molecule has 342 valence electrons. The molecule has 1 aromatic heterocycles. The van der Waals surface area contributed by atoms with E-state index in [0.717, 1.165) is 92.6 Å². The number of ether oxygens (including phenoxy) is 2. The third-order valence-electron chi connectivity index (χ3n) is 13.3. The molecular weight excluding hydrogens is 843 g/mol. The molecule has 0 aliphatic carbocycles. The van der Waals surface area contributed by atoms with Crippen molar-refractivity contribution in [2.75, 3.05) is 27.3 Å². The zero-order valence-electron chi connectivity index (χ0n) is 38.2. The van der Waals surface area contributed by atoms with Crippen molar-refractivity contribution < 1.29 is 28.7 Å². The second-order valence-electron chi connectivity index (χ2n) is 17.8. The minimum Gasteiger partial charge on any atom is -0.453 e. The van der Waals surface area contributed by atoms with Crippen molar-refractivity contribution in [3.8, 4) is 33.5 Å². The summed E-state index contributed by atoms with van der Waals surface area (Å²) < 4.78 is 9.63. The van der Waals surface area contributed by atoms with E-state index in [-0.39, 0.29) is 29.8 Å². The quantitative estimate of drug-likeness (QED) is 0.110. The fourth-order valence-corrected chi connectivity index (χ4v) is 9.65. The molecule has 3 aliphatic rings. The third-order valence-corrected chi connectivity index (χ3v) is 13.3. The average molecular weight is 898 g/mol. The predicted octanol–water partition coefficient (Wildman–Crippen LogP) is 9.88. The fraction of sp³-hybridized carbons (Fsp3) is 0.296. The largest absolute Gasteiger partial charge is 0.453 e. The van der Waals surface area contributed by atoms with Crippen LogP contribution < -0.4 is 10.6 Å². The number of aromatic nitrogens is 2. The lowest BCUT2D eigenvalue weighted by Crippen LogP contribution is -2.51. The number of nitrogens with one attached hydrogen (secondary N) is 3. The van der Waals surface area contributed by atoms with Crippen LogP contribution >= 0.6 is 0 Å². The Labute approximate surface area is 390 Å². The number of H-pyrrole nitrogens is 1. The normalized spacial score (nSPS) is 17.8. The Kier molecular flexibility index (Phi) is 13.0. The molecule has 0 saturated carbocycles. The highest BCUT2D eigenvalue weighted by molar-refractivity contribution is 6.04.